The number of nitrogens with one attached hydrogen (secondary N) is 2. The zero-order valence-corrected chi connectivity index (χ0v) is 18.8. The number of para-hydroxylation sites is 1. The maximum atomic E-state index is 14.2. The summed E-state index contributed by atoms with van der Waals surface area (Å²) < 4.78 is 15.7. The van der Waals surface area contributed by atoms with Crippen LogP contribution in [0.15, 0.2) is 59.9 Å². The monoisotopic (exact) mass is 482 g/mol. The van der Waals surface area contributed by atoms with Crippen molar-refractivity contribution in [2.45, 2.75) is 19.4 Å². The van der Waals surface area contributed by atoms with Crippen molar-refractivity contribution in [3.8, 4) is 5.69 Å². The van der Waals surface area contributed by atoms with E-state index in [9.17, 15) is 9.18 Å². The van der Waals surface area contributed by atoms with Crippen LogP contribution in [0, 0.1) is 5.82 Å². The summed E-state index contributed by atoms with van der Waals surface area (Å²) >= 11 is 12.7. The van der Waals surface area contributed by atoms with E-state index in [1.807, 2.05) is 13.0 Å². The number of aromatic nitrogens is 5. The fraction of sp³-hybridized carbons (Fsp3) is 0.130. The second-order valence-corrected chi connectivity index (χ2v) is 8.20. The summed E-state index contributed by atoms with van der Waals surface area (Å²) in [7, 11) is 0. The van der Waals surface area contributed by atoms with Gasteiger partial charge in [-0.15, -0.1) is 0 Å². The summed E-state index contributed by atoms with van der Waals surface area (Å²) in [6.45, 7) is 1.98. The minimum Gasteiger partial charge on any atom is -0.360 e. The Balaban J connectivity index is 1.78. The summed E-state index contributed by atoms with van der Waals surface area (Å²) in [6, 6.07) is 11.2. The quantitative estimate of drug-likeness (QED) is 0.337. The first-order valence-electron chi connectivity index (χ1n) is 10.2. The van der Waals surface area contributed by atoms with Gasteiger partial charge < -0.3 is 10.3 Å². The summed E-state index contributed by atoms with van der Waals surface area (Å²) in [6.07, 6.45) is 3.57. The molecule has 10 heteroatoms. The minimum absolute atomic E-state index is 0.0897. The predicted octanol–water partition coefficient (Wildman–Crippen LogP) is 5.67. The molecular weight excluding hydrogens is 466 g/mol. The first kappa shape index (κ1) is 21.4. The number of H-pyrrole nitrogens is 1. The van der Waals surface area contributed by atoms with Gasteiger partial charge in [-0.2, -0.15) is 0 Å². The van der Waals surface area contributed by atoms with E-state index in [1.54, 1.807) is 30.3 Å². The van der Waals surface area contributed by atoms with E-state index in [2.05, 4.69) is 25.3 Å². The van der Waals surface area contributed by atoms with Crippen molar-refractivity contribution in [2.24, 2.45) is 0 Å². The highest BCUT2D eigenvalue weighted by Gasteiger charge is 2.23. The number of aromatic amines is 1. The summed E-state index contributed by atoms with van der Waals surface area (Å²) in [5.41, 5.74) is 1.79. The summed E-state index contributed by atoms with van der Waals surface area (Å²) in [5, 5.41) is 4.15. The predicted molar refractivity (Wildman–Crippen MR) is 128 cm³/mol. The molecule has 2 N–H and O–H groups in total. The van der Waals surface area contributed by atoms with Crippen molar-refractivity contribution in [1.82, 2.24) is 24.5 Å². The molecule has 0 fully saturated rings. The lowest BCUT2D eigenvalue weighted by atomic mass is 10.0. The Hall–Kier alpha value is -3.49. The summed E-state index contributed by atoms with van der Waals surface area (Å²) in [5.74, 6) is -0.143. The molecule has 0 bridgehead atoms. The minimum atomic E-state index is -0.660. The molecule has 0 aliphatic rings. The average molecular weight is 483 g/mol. The van der Waals surface area contributed by atoms with Crippen molar-refractivity contribution >= 4 is 51.0 Å². The molecule has 166 valence electrons. The Kier molecular flexibility index (Phi) is 5.47. The molecule has 0 aliphatic carbocycles. The van der Waals surface area contributed by atoms with Gasteiger partial charge in [0.05, 0.1) is 33.5 Å². The van der Waals surface area contributed by atoms with E-state index in [-0.39, 0.29) is 16.5 Å². The van der Waals surface area contributed by atoms with Crippen LogP contribution in [0.2, 0.25) is 10.0 Å². The van der Waals surface area contributed by atoms with Gasteiger partial charge in [0, 0.05) is 5.69 Å². The van der Waals surface area contributed by atoms with E-state index in [0.717, 1.165) is 0 Å². The topological polar surface area (TPSA) is 88.5 Å². The highest BCUT2D eigenvalue weighted by molar-refractivity contribution is 6.35. The Labute approximate surface area is 197 Å². The third kappa shape index (κ3) is 3.61. The molecule has 0 spiro atoms. The third-order valence-electron chi connectivity index (χ3n) is 5.49. The molecule has 0 amide bonds. The van der Waals surface area contributed by atoms with E-state index in [1.165, 1.54) is 23.3 Å². The Morgan fingerprint density at radius 1 is 1.15 bits per heavy atom. The van der Waals surface area contributed by atoms with Crippen LogP contribution < -0.4 is 10.9 Å². The Bertz CT molecular complexity index is 1560. The van der Waals surface area contributed by atoms with Gasteiger partial charge in [-0.25, -0.2) is 19.3 Å². The number of benzene rings is 2. The second-order valence-electron chi connectivity index (χ2n) is 7.41. The summed E-state index contributed by atoms with van der Waals surface area (Å²) in [4.78, 5) is 29.4. The number of hydrogen-bond donors (Lipinski definition) is 2. The molecule has 3 heterocycles. The number of rotatable bonds is 5. The molecule has 5 rings (SSSR count). The average Bonchev–Trinajstić information content (AvgIpc) is 3.30. The molecule has 1 atom stereocenters. The van der Waals surface area contributed by atoms with Gasteiger partial charge in [0.15, 0.2) is 11.5 Å². The van der Waals surface area contributed by atoms with Crippen LogP contribution in [0.3, 0.4) is 0 Å². The molecule has 7 nitrogen and oxygen atoms in total. The third-order valence-corrected chi connectivity index (χ3v) is 6.18. The maximum absolute atomic E-state index is 14.2. The molecule has 33 heavy (non-hydrogen) atoms. The molecule has 0 unspecified atom stereocenters. The Morgan fingerprint density at radius 2 is 1.97 bits per heavy atom. The number of imidazole rings is 1. The van der Waals surface area contributed by atoms with E-state index < -0.39 is 11.4 Å². The largest absolute Gasteiger partial charge is 0.360 e. The maximum Gasteiger partial charge on any atom is 0.264 e. The van der Waals surface area contributed by atoms with Crippen LogP contribution in [-0.4, -0.2) is 24.5 Å². The number of hydrogen-bond acceptors (Lipinski definition) is 5. The zero-order valence-electron chi connectivity index (χ0n) is 17.3. The number of nitrogens with zero attached hydrogens (tertiary/aromatic N) is 4. The van der Waals surface area contributed by atoms with Crippen LogP contribution >= 0.6 is 23.2 Å². The van der Waals surface area contributed by atoms with Gasteiger partial charge in [-0.05, 0) is 36.1 Å². The van der Waals surface area contributed by atoms with E-state index in [0.29, 0.717) is 45.2 Å². The van der Waals surface area contributed by atoms with Gasteiger partial charge >= 0.3 is 0 Å². The van der Waals surface area contributed by atoms with Gasteiger partial charge in [0.25, 0.3) is 5.56 Å². The smallest absolute Gasteiger partial charge is 0.264 e. The van der Waals surface area contributed by atoms with Crippen LogP contribution in [0.4, 0.5) is 10.2 Å². The van der Waals surface area contributed by atoms with Gasteiger partial charge in [-0.3, -0.25) is 9.36 Å². The van der Waals surface area contributed by atoms with Crippen LogP contribution in [-0.2, 0) is 0 Å². The lowest BCUT2D eigenvalue weighted by molar-refractivity contribution is 0.629. The molecule has 0 radical (unpaired) electrons. The number of fused-ring (bicyclic) bond motifs is 2. The molecule has 0 aliphatic heterocycles. The second kappa shape index (κ2) is 8.46. The lowest BCUT2D eigenvalue weighted by Crippen LogP contribution is -2.27. The van der Waals surface area contributed by atoms with E-state index >= 15 is 0 Å². The van der Waals surface area contributed by atoms with Crippen LogP contribution in [0.5, 0.6) is 0 Å². The standard InChI is InChI=1S/C23H17Cl2FN6O/c1-2-15(31-22-20-21(28-10-27-20)29-11-30-22)17-9-12-7-8-14(26)19(25)18(12)23(33)32(17)16-6-4-3-5-13(16)24/h3-11,15H,2H2,1H3,(H2,27,28,29,30,31)/t15-/m1/s1. The molecule has 3 aromatic heterocycles. The van der Waals surface area contributed by atoms with Gasteiger partial charge in [0.2, 0.25) is 0 Å². The first-order valence-corrected chi connectivity index (χ1v) is 10.9. The Morgan fingerprint density at radius 3 is 2.76 bits per heavy atom. The normalized spacial score (nSPS) is 12.4. The molecule has 0 saturated heterocycles. The van der Waals surface area contributed by atoms with Crippen LogP contribution in [0.25, 0.3) is 27.6 Å². The molecular formula is C23H17Cl2FN6O. The highest BCUT2D eigenvalue weighted by Crippen LogP contribution is 2.32. The van der Waals surface area contributed by atoms with Gasteiger partial charge in [0.1, 0.15) is 17.7 Å². The first-order chi connectivity index (χ1) is 16.0. The molecule has 0 saturated carbocycles. The van der Waals surface area contributed by atoms with Crippen molar-refractivity contribution in [2.75, 3.05) is 5.32 Å². The number of halogens is 3. The number of anilines is 1. The van der Waals surface area contributed by atoms with E-state index in [4.69, 9.17) is 23.2 Å². The fourth-order valence-electron chi connectivity index (χ4n) is 3.91. The van der Waals surface area contributed by atoms with Crippen molar-refractivity contribution in [3.63, 3.8) is 0 Å². The zero-order chi connectivity index (χ0) is 23.1. The van der Waals surface area contributed by atoms with Gasteiger partial charge in [-0.1, -0.05) is 48.3 Å². The number of pyridine rings is 1. The molecule has 5 aromatic rings. The van der Waals surface area contributed by atoms with Crippen molar-refractivity contribution < 1.29 is 4.39 Å². The lowest BCUT2D eigenvalue weighted by Gasteiger charge is -2.24. The van der Waals surface area contributed by atoms with Crippen molar-refractivity contribution in [1.29, 1.82) is 0 Å². The highest BCUT2D eigenvalue weighted by atomic mass is 35.5. The SMILES string of the molecule is CC[C@@H](Nc1ncnc2[nH]cnc12)c1cc2ccc(F)c(Cl)c2c(=O)n1-c1ccccc1Cl. The molecule has 2 aromatic carbocycles. The van der Waals surface area contributed by atoms with Crippen LogP contribution in [0.1, 0.15) is 25.1 Å². The van der Waals surface area contributed by atoms with Crippen molar-refractivity contribution in [3.05, 3.63) is 87.0 Å². The fourth-order valence-corrected chi connectivity index (χ4v) is 4.39.